The number of rotatable bonds is 7. The van der Waals surface area contributed by atoms with Gasteiger partial charge in [0.25, 0.3) is 0 Å². The molecule has 114 valence electrons. The van der Waals surface area contributed by atoms with Crippen LogP contribution in [0.1, 0.15) is 32.4 Å². The number of halogens is 1. The molecule has 0 aliphatic rings. The highest BCUT2D eigenvalue weighted by Crippen LogP contribution is 2.29. The number of amides is 1. The molecule has 1 heterocycles. The van der Waals surface area contributed by atoms with E-state index in [0.717, 1.165) is 18.5 Å². The first-order valence-electron chi connectivity index (χ1n) is 6.57. The lowest BCUT2D eigenvalue weighted by Gasteiger charge is -2.29. The number of nitrogens with one attached hydrogen (secondary N) is 1. The Balaban J connectivity index is 0.00000361. The lowest BCUT2D eigenvalue weighted by molar-refractivity contribution is -0.120. The Labute approximate surface area is 131 Å². The molecule has 6 heteroatoms. The zero-order valence-electron chi connectivity index (χ0n) is 12.3. The molecule has 0 spiro atoms. The van der Waals surface area contributed by atoms with E-state index < -0.39 is 0 Å². The molecular weight excluding hydrogens is 294 g/mol. The van der Waals surface area contributed by atoms with Crippen molar-refractivity contribution in [3.8, 4) is 0 Å². The maximum absolute atomic E-state index is 11.9. The number of carbonyl (C=O) groups excluding carboxylic acids is 1. The predicted octanol–water partition coefficient (Wildman–Crippen LogP) is 2.67. The van der Waals surface area contributed by atoms with Crippen molar-refractivity contribution < 1.29 is 4.79 Å². The van der Waals surface area contributed by atoms with Crippen molar-refractivity contribution in [1.29, 1.82) is 0 Å². The van der Waals surface area contributed by atoms with Gasteiger partial charge in [0.15, 0.2) is 0 Å². The third-order valence-electron chi connectivity index (χ3n) is 3.52. The van der Waals surface area contributed by atoms with E-state index in [2.05, 4.69) is 30.4 Å². The Kier molecular flexibility index (Phi) is 8.65. The Morgan fingerprint density at radius 1 is 1.40 bits per heavy atom. The van der Waals surface area contributed by atoms with Crippen molar-refractivity contribution in [2.45, 2.75) is 37.9 Å². The van der Waals surface area contributed by atoms with E-state index in [9.17, 15) is 4.79 Å². The summed E-state index contributed by atoms with van der Waals surface area (Å²) in [7, 11) is 0. The molecule has 3 N–H and O–H groups in total. The van der Waals surface area contributed by atoms with Crippen molar-refractivity contribution in [2.24, 2.45) is 0 Å². The zero-order valence-corrected chi connectivity index (χ0v) is 13.9. The number of thioether (sulfide) groups is 1. The van der Waals surface area contributed by atoms with Crippen LogP contribution < -0.4 is 11.1 Å². The third kappa shape index (κ3) is 5.59. The first-order valence-corrected chi connectivity index (χ1v) is 7.80. The van der Waals surface area contributed by atoms with Gasteiger partial charge in [-0.2, -0.15) is 11.8 Å². The molecule has 0 aromatic carbocycles. The quantitative estimate of drug-likeness (QED) is 0.811. The van der Waals surface area contributed by atoms with Crippen LogP contribution >= 0.6 is 24.2 Å². The van der Waals surface area contributed by atoms with E-state index >= 15 is 0 Å². The van der Waals surface area contributed by atoms with Crippen molar-refractivity contribution in [3.05, 3.63) is 24.0 Å². The van der Waals surface area contributed by atoms with Crippen LogP contribution in [0, 0.1) is 0 Å². The smallest absolute Gasteiger partial charge is 0.226 e. The molecule has 1 amide bonds. The van der Waals surface area contributed by atoms with E-state index in [-0.39, 0.29) is 23.1 Å². The second-order valence-electron chi connectivity index (χ2n) is 4.63. The topological polar surface area (TPSA) is 68.0 Å². The number of hydrogen-bond donors (Lipinski definition) is 2. The van der Waals surface area contributed by atoms with Gasteiger partial charge in [0, 0.05) is 17.0 Å². The molecule has 0 unspecified atom stereocenters. The van der Waals surface area contributed by atoms with Crippen LogP contribution in [-0.4, -0.2) is 28.4 Å². The van der Waals surface area contributed by atoms with Gasteiger partial charge in [-0.25, -0.2) is 0 Å². The van der Waals surface area contributed by atoms with E-state index in [4.69, 9.17) is 5.73 Å². The van der Waals surface area contributed by atoms with Gasteiger partial charge in [-0.3, -0.25) is 9.78 Å². The number of aromatic nitrogens is 1. The zero-order chi connectivity index (χ0) is 14.3. The van der Waals surface area contributed by atoms with Gasteiger partial charge in [-0.15, -0.1) is 12.4 Å². The Morgan fingerprint density at radius 2 is 2.05 bits per heavy atom. The minimum atomic E-state index is 0. The van der Waals surface area contributed by atoms with Crippen molar-refractivity contribution in [2.75, 3.05) is 18.5 Å². The van der Waals surface area contributed by atoms with Gasteiger partial charge in [0.1, 0.15) is 0 Å². The predicted molar refractivity (Wildman–Crippen MR) is 89.4 cm³/mol. The summed E-state index contributed by atoms with van der Waals surface area (Å²) in [6.07, 6.45) is 6.07. The maximum Gasteiger partial charge on any atom is 0.226 e. The molecule has 0 aliphatic heterocycles. The van der Waals surface area contributed by atoms with Gasteiger partial charge in [-0.1, -0.05) is 13.8 Å². The molecule has 0 radical (unpaired) electrons. The van der Waals surface area contributed by atoms with Crippen LogP contribution in [0.2, 0.25) is 0 Å². The highest BCUT2D eigenvalue weighted by atomic mass is 35.5. The van der Waals surface area contributed by atoms with Crippen LogP contribution in [-0.2, 0) is 11.2 Å². The molecule has 20 heavy (non-hydrogen) atoms. The summed E-state index contributed by atoms with van der Waals surface area (Å²) in [5, 5.41) is 3.01. The molecule has 0 bridgehead atoms. The SMILES string of the molecule is CCC(CC)(CNC(=O)Cc1ccc(N)cn1)SC.Cl. The van der Waals surface area contributed by atoms with Gasteiger partial charge >= 0.3 is 0 Å². The van der Waals surface area contributed by atoms with Crippen molar-refractivity contribution in [3.63, 3.8) is 0 Å². The number of nitrogens with two attached hydrogens (primary N) is 1. The molecule has 0 atom stereocenters. The van der Waals surface area contributed by atoms with Gasteiger partial charge in [-0.05, 0) is 31.2 Å². The van der Waals surface area contributed by atoms with Gasteiger partial charge in [0.05, 0.1) is 18.3 Å². The lowest BCUT2D eigenvalue weighted by atomic mass is 10.0. The standard InChI is InChI=1S/C14H23N3OS.ClH/c1-4-14(5-2,19-3)10-17-13(18)8-12-7-6-11(15)9-16-12;/h6-7,9H,4-5,8,10,15H2,1-3H3,(H,17,18);1H. The molecule has 4 nitrogen and oxygen atoms in total. The summed E-state index contributed by atoms with van der Waals surface area (Å²) in [5.74, 6) is 0.0117. The minimum Gasteiger partial charge on any atom is -0.397 e. The van der Waals surface area contributed by atoms with Crippen LogP contribution in [0.5, 0.6) is 0 Å². The van der Waals surface area contributed by atoms with Gasteiger partial charge in [0.2, 0.25) is 5.91 Å². The van der Waals surface area contributed by atoms with Crippen LogP contribution in [0.15, 0.2) is 18.3 Å². The van der Waals surface area contributed by atoms with E-state index in [1.165, 1.54) is 0 Å². The number of nitrogens with zero attached hydrogens (tertiary/aromatic N) is 1. The van der Waals surface area contributed by atoms with Gasteiger partial charge < -0.3 is 11.1 Å². The first kappa shape index (κ1) is 19.1. The van der Waals surface area contributed by atoms with E-state index in [1.807, 2.05) is 11.8 Å². The molecule has 0 aliphatic carbocycles. The molecule has 1 rings (SSSR count). The largest absolute Gasteiger partial charge is 0.397 e. The van der Waals surface area contributed by atoms with Crippen LogP contribution in [0.4, 0.5) is 5.69 Å². The summed E-state index contributed by atoms with van der Waals surface area (Å²) >= 11 is 1.82. The van der Waals surface area contributed by atoms with Crippen LogP contribution in [0.3, 0.4) is 0 Å². The molecule has 0 saturated heterocycles. The first-order chi connectivity index (χ1) is 9.05. The van der Waals surface area contributed by atoms with E-state index in [0.29, 0.717) is 18.7 Å². The Bertz CT molecular complexity index is 399. The summed E-state index contributed by atoms with van der Waals surface area (Å²) in [6.45, 7) is 5.02. The molecule has 0 saturated carbocycles. The third-order valence-corrected chi connectivity index (χ3v) is 5.11. The second-order valence-corrected chi connectivity index (χ2v) is 5.90. The summed E-state index contributed by atoms with van der Waals surface area (Å²) < 4.78 is 0.143. The molecule has 1 aromatic rings. The highest BCUT2D eigenvalue weighted by molar-refractivity contribution is 8.00. The normalized spacial score (nSPS) is 10.8. The minimum absolute atomic E-state index is 0. The number of nitrogen functional groups attached to an aromatic ring is 1. The fraction of sp³-hybridized carbons (Fsp3) is 0.571. The van der Waals surface area contributed by atoms with Crippen molar-refractivity contribution in [1.82, 2.24) is 10.3 Å². The molecule has 0 fully saturated rings. The number of anilines is 1. The van der Waals surface area contributed by atoms with E-state index in [1.54, 1.807) is 18.3 Å². The molecular formula is C14H24ClN3OS. The number of hydrogen-bond acceptors (Lipinski definition) is 4. The average Bonchev–Trinajstić information content (AvgIpc) is 2.44. The summed E-state index contributed by atoms with van der Waals surface area (Å²) in [6, 6.07) is 3.55. The number of carbonyl (C=O) groups is 1. The highest BCUT2D eigenvalue weighted by Gasteiger charge is 2.25. The Hall–Kier alpha value is -0.940. The lowest BCUT2D eigenvalue weighted by Crippen LogP contribution is -2.40. The fourth-order valence-electron chi connectivity index (χ4n) is 1.89. The number of pyridine rings is 1. The Morgan fingerprint density at radius 3 is 2.50 bits per heavy atom. The van der Waals surface area contributed by atoms with Crippen molar-refractivity contribution >= 4 is 35.8 Å². The molecule has 1 aromatic heterocycles. The summed E-state index contributed by atoms with van der Waals surface area (Å²) in [5.41, 5.74) is 6.92. The second kappa shape index (κ2) is 9.08. The maximum atomic E-state index is 11.9. The monoisotopic (exact) mass is 317 g/mol. The fourth-order valence-corrected chi connectivity index (χ4v) is 2.68. The average molecular weight is 318 g/mol. The van der Waals surface area contributed by atoms with Crippen LogP contribution in [0.25, 0.3) is 0 Å². The summed E-state index contributed by atoms with van der Waals surface area (Å²) in [4.78, 5) is 16.0.